The van der Waals surface area contributed by atoms with Gasteiger partial charge >= 0.3 is 5.97 Å². The number of likely N-dealkylation sites (N-methyl/N-ethyl adjacent to an activating group) is 1. The van der Waals surface area contributed by atoms with Crippen molar-refractivity contribution in [3.8, 4) is 0 Å². The van der Waals surface area contributed by atoms with E-state index >= 15 is 0 Å². The number of amides is 1. The van der Waals surface area contributed by atoms with Crippen LogP contribution in [0.2, 0.25) is 0 Å². The molecular weight excluding hydrogens is 340 g/mol. The highest BCUT2D eigenvalue weighted by atomic mass is 16.4. The minimum atomic E-state index is -0.740. The highest BCUT2D eigenvalue weighted by molar-refractivity contribution is 6.04. The van der Waals surface area contributed by atoms with Gasteiger partial charge in [-0.3, -0.25) is 14.5 Å². The Morgan fingerprint density at radius 1 is 1.19 bits per heavy atom. The van der Waals surface area contributed by atoms with Crippen molar-refractivity contribution in [2.75, 3.05) is 31.1 Å². The third-order valence-electron chi connectivity index (χ3n) is 5.40. The molecule has 0 bridgehead atoms. The van der Waals surface area contributed by atoms with Crippen LogP contribution in [0.1, 0.15) is 32.6 Å². The second-order valence-electron chi connectivity index (χ2n) is 7.31. The van der Waals surface area contributed by atoms with Gasteiger partial charge in [-0.1, -0.05) is 36.4 Å². The van der Waals surface area contributed by atoms with Gasteiger partial charge in [0.1, 0.15) is 0 Å². The van der Waals surface area contributed by atoms with Gasteiger partial charge in [-0.25, -0.2) is 0 Å². The van der Waals surface area contributed by atoms with Gasteiger partial charge in [-0.05, 0) is 50.1 Å². The van der Waals surface area contributed by atoms with E-state index < -0.39 is 5.97 Å². The Morgan fingerprint density at radius 3 is 2.74 bits per heavy atom. The fourth-order valence-corrected chi connectivity index (χ4v) is 4.06. The molecule has 3 rings (SSSR count). The Hall–Kier alpha value is -2.40. The molecular formula is C22H28N2O3. The minimum absolute atomic E-state index is 0.104. The van der Waals surface area contributed by atoms with E-state index in [1.165, 1.54) is 0 Å². The molecule has 0 aliphatic carbocycles. The number of benzene rings is 2. The third kappa shape index (κ3) is 4.86. The van der Waals surface area contributed by atoms with Crippen molar-refractivity contribution in [2.45, 2.75) is 32.6 Å². The molecule has 1 heterocycles. The molecule has 1 aliphatic heterocycles. The predicted octanol–water partition coefficient (Wildman–Crippen LogP) is 3.77. The summed E-state index contributed by atoms with van der Waals surface area (Å²) in [6.45, 7) is 4.74. The van der Waals surface area contributed by atoms with E-state index in [1.54, 1.807) is 0 Å². The van der Waals surface area contributed by atoms with Crippen molar-refractivity contribution in [2.24, 2.45) is 5.92 Å². The topological polar surface area (TPSA) is 60.9 Å². The van der Waals surface area contributed by atoms with Crippen molar-refractivity contribution in [1.29, 1.82) is 0 Å². The lowest BCUT2D eigenvalue weighted by Gasteiger charge is -2.33. The van der Waals surface area contributed by atoms with Crippen LogP contribution in [0, 0.1) is 5.92 Å². The molecule has 0 spiro atoms. The van der Waals surface area contributed by atoms with Crippen LogP contribution in [0.4, 0.5) is 5.69 Å². The van der Waals surface area contributed by atoms with Crippen molar-refractivity contribution >= 4 is 28.3 Å². The van der Waals surface area contributed by atoms with Crippen LogP contribution < -0.4 is 4.90 Å². The van der Waals surface area contributed by atoms with Gasteiger partial charge in [0.15, 0.2) is 0 Å². The summed E-state index contributed by atoms with van der Waals surface area (Å²) >= 11 is 0. The first-order valence-corrected chi connectivity index (χ1v) is 9.80. The van der Waals surface area contributed by atoms with Crippen LogP contribution in [0.3, 0.4) is 0 Å². The lowest BCUT2D eigenvalue weighted by molar-refractivity contribution is -0.137. The number of carbonyl (C=O) groups excluding carboxylic acids is 1. The average Bonchev–Trinajstić information content (AvgIpc) is 2.67. The van der Waals surface area contributed by atoms with Gasteiger partial charge in [0.25, 0.3) is 0 Å². The lowest BCUT2D eigenvalue weighted by atomic mass is 9.93. The highest BCUT2D eigenvalue weighted by Gasteiger charge is 2.24. The Kier molecular flexibility index (Phi) is 6.45. The predicted molar refractivity (Wildman–Crippen MR) is 108 cm³/mol. The third-order valence-corrected chi connectivity index (χ3v) is 5.40. The van der Waals surface area contributed by atoms with E-state index in [-0.39, 0.29) is 12.3 Å². The average molecular weight is 368 g/mol. The SMILES string of the molecule is CCN(C(=O)CN1CCCC(CCC(=O)O)C1)c1cccc2ccccc12. The summed E-state index contributed by atoms with van der Waals surface area (Å²) in [5.74, 6) is -0.265. The number of fused-ring (bicyclic) bond motifs is 1. The van der Waals surface area contributed by atoms with E-state index in [1.807, 2.05) is 36.1 Å². The normalized spacial score (nSPS) is 17.7. The smallest absolute Gasteiger partial charge is 0.303 e. The minimum Gasteiger partial charge on any atom is -0.481 e. The number of hydrogen-bond acceptors (Lipinski definition) is 3. The number of carboxylic acid groups (broad SMARTS) is 1. The van der Waals surface area contributed by atoms with E-state index in [4.69, 9.17) is 5.11 Å². The molecule has 1 aliphatic rings. The maximum absolute atomic E-state index is 13.0. The Bertz CT molecular complexity index is 800. The summed E-state index contributed by atoms with van der Waals surface area (Å²) in [5, 5.41) is 11.1. The summed E-state index contributed by atoms with van der Waals surface area (Å²) in [6.07, 6.45) is 2.99. The van der Waals surface area contributed by atoms with Crippen LogP contribution >= 0.6 is 0 Å². The summed E-state index contributed by atoms with van der Waals surface area (Å²) in [6, 6.07) is 14.2. The summed E-state index contributed by atoms with van der Waals surface area (Å²) < 4.78 is 0. The Labute approximate surface area is 160 Å². The number of carboxylic acids is 1. The van der Waals surface area contributed by atoms with E-state index in [2.05, 4.69) is 23.1 Å². The molecule has 2 aromatic carbocycles. The summed E-state index contributed by atoms with van der Waals surface area (Å²) in [4.78, 5) is 27.9. The summed E-state index contributed by atoms with van der Waals surface area (Å²) in [7, 11) is 0. The van der Waals surface area contributed by atoms with Crippen molar-refractivity contribution in [3.63, 3.8) is 0 Å². The molecule has 27 heavy (non-hydrogen) atoms. The van der Waals surface area contributed by atoms with Crippen LogP contribution in [-0.4, -0.2) is 48.1 Å². The van der Waals surface area contributed by atoms with Gasteiger partial charge in [0.05, 0.1) is 12.2 Å². The number of piperidine rings is 1. The summed E-state index contributed by atoms with van der Waals surface area (Å²) in [5.41, 5.74) is 0.958. The molecule has 1 amide bonds. The van der Waals surface area contributed by atoms with Crippen LogP contribution in [-0.2, 0) is 9.59 Å². The number of anilines is 1. The van der Waals surface area contributed by atoms with Crippen molar-refractivity contribution < 1.29 is 14.7 Å². The largest absolute Gasteiger partial charge is 0.481 e. The Balaban J connectivity index is 1.69. The zero-order valence-electron chi connectivity index (χ0n) is 15.9. The zero-order chi connectivity index (χ0) is 19.2. The zero-order valence-corrected chi connectivity index (χ0v) is 15.9. The molecule has 5 nitrogen and oxygen atoms in total. The Morgan fingerprint density at radius 2 is 1.96 bits per heavy atom. The second kappa shape index (κ2) is 9.00. The molecule has 1 saturated heterocycles. The second-order valence-corrected chi connectivity index (χ2v) is 7.31. The number of nitrogens with zero attached hydrogens (tertiary/aromatic N) is 2. The van der Waals surface area contributed by atoms with E-state index in [9.17, 15) is 9.59 Å². The fourth-order valence-electron chi connectivity index (χ4n) is 4.06. The molecule has 1 atom stereocenters. The number of carbonyl (C=O) groups is 2. The van der Waals surface area contributed by atoms with Gasteiger partial charge in [0.2, 0.25) is 5.91 Å². The molecule has 1 N–H and O–H groups in total. The first kappa shape index (κ1) is 19.4. The van der Waals surface area contributed by atoms with Gasteiger partial charge < -0.3 is 10.0 Å². The number of aliphatic carboxylic acids is 1. The van der Waals surface area contributed by atoms with Crippen LogP contribution in [0.5, 0.6) is 0 Å². The molecule has 0 aromatic heterocycles. The number of rotatable bonds is 7. The fraction of sp³-hybridized carbons (Fsp3) is 0.455. The van der Waals surface area contributed by atoms with Gasteiger partial charge in [-0.15, -0.1) is 0 Å². The van der Waals surface area contributed by atoms with Crippen molar-refractivity contribution in [1.82, 2.24) is 4.90 Å². The van der Waals surface area contributed by atoms with Crippen LogP contribution in [0.15, 0.2) is 42.5 Å². The molecule has 144 valence electrons. The molecule has 0 radical (unpaired) electrons. The molecule has 5 heteroatoms. The maximum Gasteiger partial charge on any atom is 0.303 e. The van der Waals surface area contributed by atoms with Gasteiger partial charge in [-0.2, -0.15) is 0 Å². The number of likely N-dealkylation sites (tertiary alicyclic amines) is 1. The molecule has 0 saturated carbocycles. The monoisotopic (exact) mass is 368 g/mol. The van der Waals surface area contributed by atoms with E-state index in [0.717, 1.165) is 42.4 Å². The molecule has 2 aromatic rings. The lowest BCUT2D eigenvalue weighted by Crippen LogP contribution is -2.44. The van der Waals surface area contributed by atoms with Crippen molar-refractivity contribution in [3.05, 3.63) is 42.5 Å². The maximum atomic E-state index is 13.0. The van der Waals surface area contributed by atoms with E-state index in [0.29, 0.717) is 25.4 Å². The first-order valence-electron chi connectivity index (χ1n) is 9.80. The molecule has 1 fully saturated rings. The first-order chi connectivity index (χ1) is 13.1. The van der Waals surface area contributed by atoms with Crippen LogP contribution in [0.25, 0.3) is 10.8 Å². The molecule has 1 unspecified atom stereocenters. The highest BCUT2D eigenvalue weighted by Crippen LogP contribution is 2.27. The quantitative estimate of drug-likeness (QED) is 0.808. The number of hydrogen-bond donors (Lipinski definition) is 1. The standard InChI is InChI=1S/C22H28N2O3/c1-2-24(20-11-5-9-18-8-3-4-10-19(18)20)21(25)16-23-14-6-7-17(15-23)12-13-22(26)27/h3-5,8-11,17H,2,6-7,12-16H2,1H3,(H,26,27). The van der Waals surface area contributed by atoms with Gasteiger partial charge in [0, 0.05) is 24.9 Å².